The van der Waals surface area contributed by atoms with Gasteiger partial charge in [0.2, 0.25) is 0 Å². The standard InChI is InChI=1S/C13H6F6NO/c14-12(15,16)9-4-1-5-10(13(17,18)19)11(9)21-8-3-2-6-20-7-8/h1,3-7H. The minimum Gasteiger partial charge on any atom is -0.454 e. The third-order valence-electron chi connectivity index (χ3n) is 2.42. The maximum Gasteiger partial charge on any atom is 0.420 e. The van der Waals surface area contributed by atoms with Gasteiger partial charge in [-0.1, -0.05) is 6.07 Å². The molecule has 0 N–H and O–H groups in total. The molecule has 0 aliphatic carbocycles. The molecule has 21 heavy (non-hydrogen) atoms. The maximum atomic E-state index is 12.8. The number of hydrogen-bond donors (Lipinski definition) is 0. The van der Waals surface area contributed by atoms with E-state index in [1.807, 2.05) is 0 Å². The minimum atomic E-state index is -4.98. The molecule has 1 aromatic carbocycles. The average molecular weight is 306 g/mol. The highest BCUT2D eigenvalue weighted by Gasteiger charge is 2.42. The van der Waals surface area contributed by atoms with Crippen molar-refractivity contribution in [3.8, 4) is 11.5 Å². The van der Waals surface area contributed by atoms with Crippen LogP contribution in [0.5, 0.6) is 11.5 Å². The third-order valence-corrected chi connectivity index (χ3v) is 2.42. The van der Waals surface area contributed by atoms with Gasteiger partial charge >= 0.3 is 12.4 Å². The van der Waals surface area contributed by atoms with Gasteiger partial charge in [-0.25, -0.2) is 0 Å². The second-order valence-electron chi connectivity index (χ2n) is 3.90. The lowest BCUT2D eigenvalue weighted by Crippen LogP contribution is -2.13. The van der Waals surface area contributed by atoms with E-state index in [9.17, 15) is 26.3 Å². The van der Waals surface area contributed by atoms with Crippen LogP contribution in [0.3, 0.4) is 0 Å². The first-order valence-corrected chi connectivity index (χ1v) is 5.46. The normalized spacial score (nSPS) is 12.3. The van der Waals surface area contributed by atoms with E-state index in [4.69, 9.17) is 4.74 Å². The van der Waals surface area contributed by atoms with Gasteiger partial charge in [0.05, 0.1) is 17.3 Å². The number of benzene rings is 1. The Morgan fingerprint density at radius 1 is 0.952 bits per heavy atom. The van der Waals surface area contributed by atoms with Crippen LogP contribution in [-0.4, -0.2) is 4.98 Å². The predicted molar refractivity (Wildman–Crippen MR) is 59.6 cm³/mol. The SMILES string of the molecule is FC(F)(F)c1cccc(C(F)(F)F)c1Oc1c[c]cnc1. The van der Waals surface area contributed by atoms with Crippen LogP contribution in [0.4, 0.5) is 26.3 Å². The van der Waals surface area contributed by atoms with Crippen LogP contribution in [0.15, 0.2) is 36.7 Å². The molecule has 111 valence electrons. The quantitative estimate of drug-likeness (QED) is 0.750. The Hall–Kier alpha value is -2.25. The van der Waals surface area contributed by atoms with E-state index in [0.717, 1.165) is 12.3 Å². The van der Waals surface area contributed by atoms with Gasteiger partial charge in [0, 0.05) is 12.3 Å². The molecule has 0 unspecified atom stereocenters. The van der Waals surface area contributed by atoms with Gasteiger partial charge in [-0.2, -0.15) is 26.3 Å². The first-order valence-electron chi connectivity index (χ1n) is 5.46. The van der Waals surface area contributed by atoms with Crippen molar-refractivity contribution in [2.24, 2.45) is 0 Å². The van der Waals surface area contributed by atoms with Crippen molar-refractivity contribution in [3.63, 3.8) is 0 Å². The van der Waals surface area contributed by atoms with Gasteiger partial charge in [0.1, 0.15) is 5.75 Å². The first kappa shape index (κ1) is 15.1. The number of hydrogen-bond acceptors (Lipinski definition) is 2. The number of halogens is 6. The van der Waals surface area contributed by atoms with Crippen molar-refractivity contribution in [2.75, 3.05) is 0 Å². The third kappa shape index (κ3) is 3.45. The van der Waals surface area contributed by atoms with Crippen LogP contribution in [-0.2, 0) is 12.4 Å². The highest BCUT2D eigenvalue weighted by Crippen LogP contribution is 2.45. The zero-order valence-corrected chi connectivity index (χ0v) is 10.1. The minimum absolute atomic E-state index is 0.278. The fourth-order valence-electron chi connectivity index (χ4n) is 1.58. The van der Waals surface area contributed by atoms with Crippen molar-refractivity contribution >= 4 is 0 Å². The predicted octanol–water partition coefficient (Wildman–Crippen LogP) is 4.71. The summed E-state index contributed by atoms with van der Waals surface area (Å²) in [5, 5.41) is 0. The lowest BCUT2D eigenvalue weighted by atomic mass is 10.1. The molecule has 1 radical (unpaired) electrons. The van der Waals surface area contributed by atoms with Gasteiger partial charge in [0.15, 0.2) is 5.75 Å². The molecule has 8 heteroatoms. The van der Waals surface area contributed by atoms with E-state index in [1.165, 1.54) is 6.20 Å². The van der Waals surface area contributed by atoms with Crippen molar-refractivity contribution in [1.82, 2.24) is 4.98 Å². The molecule has 2 rings (SSSR count). The summed E-state index contributed by atoms with van der Waals surface area (Å²) in [5.74, 6) is -1.58. The lowest BCUT2D eigenvalue weighted by Gasteiger charge is -2.18. The number of para-hydroxylation sites is 1. The molecule has 0 atom stereocenters. The van der Waals surface area contributed by atoms with Crippen molar-refractivity contribution in [3.05, 3.63) is 53.9 Å². The number of alkyl halides is 6. The monoisotopic (exact) mass is 306 g/mol. The Labute approximate surface area is 115 Å². The summed E-state index contributed by atoms with van der Waals surface area (Å²) in [4.78, 5) is 3.52. The molecule has 1 heterocycles. The zero-order valence-electron chi connectivity index (χ0n) is 10.1. The van der Waals surface area contributed by atoms with Crippen LogP contribution in [0.25, 0.3) is 0 Å². The number of rotatable bonds is 2. The van der Waals surface area contributed by atoms with Gasteiger partial charge in [-0.15, -0.1) is 0 Å². The summed E-state index contributed by atoms with van der Waals surface area (Å²) in [6.45, 7) is 0. The molecule has 2 nitrogen and oxygen atoms in total. The van der Waals surface area contributed by atoms with Gasteiger partial charge < -0.3 is 4.74 Å². The molecule has 0 amide bonds. The molecule has 0 fully saturated rings. The molecule has 0 aliphatic heterocycles. The van der Waals surface area contributed by atoms with Gasteiger partial charge in [-0.05, 0) is 18.2 Å². The Morgan fingerprint density at radius 2 is 1.52 bits per heavy atom. The summed E-state index contributed by atoms with van der Waals surface area (Å²) < 4.78 is 81.9. The average Bonchev–Trinajstić information content (AvgIpc) is 2.37. The molecule has 1 aromatic heterocycles. The van der Waals surface area contributed by atoms with E-state index < -0.39 is 29.2 Å². The zero-order chi connectivity index (χ0) is 15.7. The number of ether oxygens (including phenoxy) is 1. The Balaban J connectivity index is 2.59. The van der Waals surface area contributed by atoms with Gasteiger partial charge in [0.25, 0.3) is 0 Å². The summed E-state index contributed by atoms with van der Waals surface area (Å²) in [6.07, 6.45) is -7.79. The molecular weight excluding hydrogens is 300 g/mol. The Kier molecular flexibility index (Phi) is 3.80. The summed E-state index contributed by atoms with van der Waals surface area (Å²) >= 11 is 0. The van der Waals surface area contributed by atoms with Crippen LogP contribution >= 0.6 is 0 Å². The molecule has 0 saturated carbocycles. The smallest absolute Gasteiger partial charge is 0.420 e. The number of pyridine rings is 1. The molecule has 0 spiro atoms. The Morgan fingerprint density at radius 3 is 1.95 bits per heavy atom. The van der Waals surface area contributed by atoms with Crippen LogP contribution in [0.1, 0.15) is 11.1 Å². The second kappa shape index (κ2) is 5.27. The maximum absolute atomic E-state index is 12.8. The fourth-order valence-corrected chi connectivity index (χ4v) is 1.58. The van der Waals surface area contributed by atoms with Crippen molar-refractivity contribution in [2.45, 2.75) is 12.4 Å². The number of aromatic nitrogens is 1. The molecular formula is C13H6F6NO. The first-order chi connectivity index (χ1) is 9.69. The topological polar surface area (TPSA) is 22.1 Å². The van der Waals surface area contributed by atoms with Crippen molar-refractivity contribution < 1.29 is 31.1 Å². The van der Waals surface area contributed by atoms with E-state index in [2.05, 4.69) is 11.1 Å². The summed E-state index contributed by atoms with van der Waals surface area (Å²) in [7, 11) is 0. The number of nitrogens with zero attached hydrogens (tertiary/aromatic N) is 1. The molecule has 0 aliphatic rings. The second-order valence-corrected chi connectivity index (χ2v) is 3.90. The molecule has 2 aromatic rings. The Bertz CT molecular complexity index is 589. The molecule has 0 saturated heterocycles. The van der Waals surface area contributed by atoms with Crippen molar-refractivity contribution in [1.29, 1.82) is 0 Å². The van der Waals surface area contributed by atoms with E-state index >= 15 is 0 Å². The van der Waals surface area contributed by atoms with E-state index in [-0.39, 0.29) is 5.75 Å². The highest BCUT2D eigenvalue weighted by molar-refractivity contribution is 5.47. The van der Waals surface area contributed by atoms with Crippen LogP contribution in [0.2, 0.25) is 0 Å². The largest absolute Gasteiger partial charge is 0.454 e. The van der Waals surface area contributed by atoms with Crippen LogP contribution < -0.4 is 4.74 Å². The van der Waals surface area contributed by atoms with E-state index in [0.29, 0.717) is 18.2 Å². The highest BCUT2D eigenvalue weighted by atomic mass is 19.4. The van der Waals surface area contributed by atoms with E-state index in [1.54, 1.807) is 0 Å². The lowest BCUT2D eigenvalue weighted by molar-refractivity contribution is -0.144. The fraction of sp³-hybridized carbons (Fsp3) is 0.154. The molecule has 0 bridgehead atoms. The summed E-state index contributed by atoms with van der Waals surface area (Å²) in [5.41, 5.74) is -3.03. The van der Waals surface area contributed by atoms with Gasteiger partial charge in [-0.3, -0.25) is 4.98 Å². The summed E-state index contributed by atoms with van der Waals surface area (Å²) in [6, 6.07) is 5.19. The van der Waals surface area contributed by atoms with Crippen LogP contribution in [0, 0.1) is 6.07 Å².